The largest absolute Gasteiger partial charge is 0.481 e. The molecule has 198 valence electrons. The first-order valence-electron chi connectivity index (χ1n) is 12.6. The Kier molecular flexibility index (Phi) is 9.44. The van der Waals surface area contributed by atoms with Gasteiger partial charge in [0.2, 0.25) is 0 Å². The summed E-state index contributed by atoms with van der Waals surface area (Å²) >= 11 is 0. The van der Waals surface area contributed by atoms with E-state index in [2.05, 4.69) is 0 Å². The Morgan fingerprint density at radius 2 is 1.92 bits per heavy atom. The van der Waals surface area contributed by atoms with Gasteiger partial charge >= 0.3 is 11.9 Å². The lowest BCUT2D eigenvalue weighted by molar-refractivity contribution is -0.157. The number of aliphatic hydroxyl groups excluding tert-OH is 1. The summed E-state index contributed by atoms with van der Waals surface area (Å²) in [7, 11) is 0. The highest BCUT2D eigenvalue weighted by molar-refractivity contribution is 5.90. The van der Waals surface area contributed by atoms with Crippen LogP contribution in [0.4, 0.5) is 0 Å². The second kappa shape index (κ2) is 12.1. The van der Waals surface area contributed by atoms with Crippen LogP contribution in [0.1, 0.15) is 58.4 Å². The monoisotopic (exact) mass is 502 g/mol. The molecule has 8 nitrogen and oxygen atoms in total. The maximum Gasteiger partial charge on any atom is 0.311 e. The first-order valence-corrected chi connectivity index (χ1v) is 12.6. The van der Waals surface area contributed by atoms with Crippen LogP contribution in [0.5, 0.6) is 0 Å². The van der Waals surface area contributed by atoms with Gasteiger partial charge < -0.3 is 24.4 Å². The molecule has 2 bridgehead atoms. The summed E-state index contributed by atoms with van der Waals surface area (Å²) in [5, 5.41) is 18.6. The average molecular weight is 503 g/mol. The Bertz CT molecular complexity index is 940. The van der Waals surface area contributed by atoms with E-state index in [9.17, 15) is 19.5 Å². The van der Waals surface area contributed by atoms with Crippen LogP contribution in [0.3, 0.4) is 0 Å². The van der Waals surface area contributed by atoms with Crippen LogP contribution in [0.25, 0.3) is 0 Å². The SMILES string of the molecule is CCC(C)(C)C(=O)OC[C@@H]1C(COCc2ccccc2)[C@H]2CC[C@]1(/C=C/C(=O)C[C@@H](O)CC(=O)O)O2. The smallest absolute Gasteiger partial charge is 0.311 e. The van der Waals surface area contributed by atoms with Crippen molar-refractivity contribution in [1.29, 1.82) is 0 Å². The Labute approximate surface area is 212 Å². The van der Waals surface area contributed by atoms with Crippen molar-refractivity contribution < 1.29 is 38.8 Å². The molecule has 2 saturated heterocycles. The van der Waals surface area contributed by atoms with Gasteiger partial charge in [-0.05, 0) is 50.8 Å². The fourth-order valence-electron chi connectivity index (χ4n) is 4.90. The third kappa shape index (κ3) is 7.02. The van der Waals surface area contributed by atoms with Crippen LogP contribution in [0.15, 0.2) is 42.5 Å². The van der Waals surface area contributed by atoms with Crippen LogP contribution in [0, 0.1) is 17.3 Å². The van der Waals surface area contributed by atoms with Crippen LogP contribution in [0.2, 0.25) is 0 Å². The molecule has 1 unspecified atom stereocenters. The predicted molar refractivity (Wildman–Crippen MR) is 132 cm³/mol. The standard InChI is InChI=1S/C28H38O8/c1-4-27(2,3)26(33)35-18-23-22(17-34-16-19-8-6-5-7-9-19)24-11-13-28(23,36-24)12-10-20(29)14-21(30)15-25(31)32/h5-10,12,21-24,30H,4,11,13-18H2,1-3H3,(H,31,32)/b12-10+/t21-,22?,23-,24-,28+/m1/s1. The Morgan fingerprint density at radius 3 is 2.58 bits per heavy atom. The zero-order chi connectivity index (χ0) is 26.3. The maximum atomic E-state index is 12.7. The number of fused-ring (bicyclic) bond motifs is 2. The molecule has 8 heteroatoms. The van der Waals surface area contributed by atoms with Crippen molar-refractivity contribution in [2.24, 2.45) is 17.3 Å². The zero-order valence-electron chi connectivity index (χ0n) is 21.4. The lowest BCUT2D eigenvalue weighted by atomic mass is 9.72. The van der Waals surface area contributed by atoms with Gasteiger partial charge in [-0.3, -0.25) is 14.4 Å². The van der Waals surface area contributed by atoms with E-state index in [4.69, 9.17) is 19.3 Å². The minimum Gasteiger partial charge on any atom is -0.481 e. The number of hydrogen-bond acceptors (Lipinski definition) is 7. The highest BCUT2D eigenvalue weighted by atomic mass is 16.6. The van der Waals surface area contributed by atoms with Crippen molar-refractivity contribution >= 4 is 17.7 Å². The first-order chi connectivity index (χ1) is 17.1. The number of rotatable bonds is 14. The van der Waals surface area contributed by atoms with E-state index < -0.39 is 29.5 Å². The van der Waals surface area contributed by atoms with E-state index in [1.807, 2.05) is 51.1 Å². The van der Waals surface area contributed by atoms with Gasteiger partial charge in [0.25, 0.3) is 0 Å². The van der Waals surface area contributed by atoms with E-state index in [0.29, 0.717) is 26.1 Å². The molecule has 0 radical (unpaired) electrons. The second-order valence-corrected chi connectivity index (χ2v) is 10.5. The number of carboxylic acids is 1. The Balaban J connectivity index is 1.71. The predicted octanol–water partition coefficient (Wildman–Crippen LogP) is 3.70. The number of aliphatic hydroxyl groups is 1. The highest BCUT2D eigenvalue weighted by Gasteiger charge is 2.58. The van der Waals surface area contributed by atoms with E-state index in [0.717, 1.165) is 12.0 Å². The zero-order valence-corrected chi connectivity index (χ0v) is 21.4. The van der Waals surface area contributed by atoms with Crippen molar-refractivity contribution in [3.05, 3.63) is 48.0 Å². The van der Waals surface area contributed by atoms with Crippen LogP contribution >= 0.6 is 0 Å². The van der Waals surface area contributed by atoms with Crippen molar-refractivity contribution in [3.63, 3.8) is 0 Å². The molecule has 2 N–H and O–H groups in total. The minimum absolute atomic E-state index is 0.0163. The lowest BCUT2D eigenvalue weighted by Gasteiger charge is -2.35. The number of carbonyl (C=O) groups excluding carboxylic acids is 2. The van der Waals surface area contributed by atoms with Crippen molar-refractivity contribution in [3.8, 4) is 0 Å². The molecule has 0 amide bonds. The summed E-state index contributed by atoms with van der Waals surface area (Å²) in [6.07, 6.45) is 3.10. The van der Waals surface area contributed by atoms with Crippen LogP contribution in [-0.2, 0) is 35.2 Å². The van der Waals surface area contributed by atoms with E-state index in [1.54, 1.807) is 6.08 Å². The Hall–Kier alpha value is -2.55. The Morgan fingerprint density at radius 1 is 1.19 bits per heavy atom. The fraction of sp³-hybridized carbons (Fsp3) is 0.607. The van der Waals surface area contributed by atoms with Gasteiger partial charge in [0.05, 0.1) is 49.5 Å². The molecule has 2 fully saturated rings. The van der Waals surface area contributed by atoms with Gasteiger partial charge in [-0.1, -0.05) is 37.3 Å². The number of ether oxygens (including phenoxy) is 3. The molecule has 1 aromatic rings. The fourth-order valence-corrected chi connectivity index (χ4v) is 4.90. The number of carbonyl (C=O) groups is 3. The molecular formula is C28H38O8. The molecule has 3 rings (SSSR count). The van der Waals surface area contributed by atoms with Crippen LogP contribution < -0.4 is 0 Å². The molecule has 0 aliphatic carbocycles. The maximum absolute atomic E-state index is 12.7. The van der Waals surface area contributed by atoms with Gasteiger partial charge in [-0.25, -0.2) is 0 Å². The summed E-state index contributed by atoms with van der Waals surface area (Å²) in [6, 6.07) is 9.87. The molecule has 5 atom stereocenters. The van der Waals surface area contributed by atoms with E-state index >= 15 is 0 Å². The van der Waals surface area contributed by atoms with E-state index in [1.165, 1.54) is 6.08 Å². The van der Waals surface area contributed by atoms with Gasteiger partial charge in [0.15, 0.2) is 5.78 Å². The summed E-state index contributed by atoms with van der Waals surface area (Å²) in [4.78, 5) is 35.9. The number of aliphatic carboxylic acids is 1. The molecule has 36 heavy (non-hydrogen) atoms. The number of esters is 1. The van der Waals surface area contributed by atoms with Crippen molar-refractivity contribution in [2.75, 3.05) is 13.2 Å². The summed E-state index contributed by atoms with van der Waals surface area (Å²) in [6.45, 7) is 6.69. The number of allylic oxidation sites excluding steroid dienone is 1. The molecule has 2 aliphatic rings. The molecule has 0 aromatic heterocycles. The number of benzene rings is 1. The van der Waals surface area contributed by atoms with Crippen molar-refractivity contribution in [2.45, 2.75) is 77.3 Å². The first kappa shape index (κ1) is 28.0. The molecule has 2 heterocycles. The average Bonchev–Trinajstić information content (AvgIpc) is 3.38. The highest BCUT2D eigenvalue weighted by Crippen LogP contribution is 2.52. The van der Waals surface area contributed by atoms with Gasteiger partial charge in [0, 0.05) is 18.3 Å². The molecular weight excluding hydrogens is 464 g/mol. The van der Waals surface area contributed by atoms with Crippen LogP contribution in [-0.4, -0.2) is 59.0 Å². The topological polar surface area (TPSA) is 119 Å². The van der Waals surface area contributed by atoms with Crippen molar-refractivity contribution in [1.82, 2.24) is 0 Å². The van der Waals surface area contributed by atoms with Gasteiger partial charge in [0.1, 0.15) is 0 Å². The second-order valence-electron chi connectivity index (χ2n) is 10.5. The quantitative estimate of drug-likeness (QED) is 0.292. The van der Waals surface area contributed by atoms with Gasteiger partial charge in [-0.15, -0.1) is 0 Å². The summed E-state index contributed by atoms with van der Waals surface area (Å²) in [5.74, 6) is -2.03. The number of hydrogen-bond donors (Lipinski definition) is 2. The molecule has 0 spiro atoms. The lowest BCUT2D eigenvalue weighted by Crippen LogP contribution is -2.42. The molecule has 0 saturated carbocycles. The third-order valence-corrected chi connectivity index (χ3v) is 7.46. The minimum atomic E-state index is -1.25. The third-order valence-electron chi connectivity index (χ3n) is 7.46. The van der Waals surface area contributed by atoms with Gasteiger partial charge in [-0.2, -0.15) is 0 Å². The molecule has 1 aromatic carbocycles. The summed E-state index contributed by atoms with van der Waals surface area (Å²) in [5.41, 5.74) is -0.318. The number of carboxylic acid groups (broad SMARTS) is 1. The van der Waals surface area contributed by atoms with E-state index in [-0.39, 0.29) is 42.7 Å². The normalized spacial score (nSPS) is 26.3. The molecule has 2 aliphatic heterocycles. The number of ketones is 1. The summed E-state index contributed by atoms with van der Waals surface area (Å²) < 4.78 is 18.2.